The maximum absolute atomic E-state index is 11.4. The van der Waals surface area contributed by atoms with Crippen molar-refractivity contribution in [1.29, 1.82) is 0 Å². The Morgan fingerprint density at radius 3 is 2.00 bits per heavy atom. The van der Waals surface area contributed by atoms with Crippen molar-refractivity contribution in [3.05, 3.63) is 0 Å². The molecule has 0 aliphatic rings. The molecule has 0 aliphatic carbocycles. The zero-order chi connectivity index (χ0) is 15.8. The molecule has 0 heterocycles. The molecule has 118 valence electrons. The summed E-state index contributed by atoms with van der Waals surface area (Å²) >= 11 is 0. The van der Waals surface area contributed by atoms with E-state index in [0.717, 1.165) is 5.75 Å². The van der Waals surface area contributed by atoms with E-state index in [2.05, 4.69) is 0 Å². The van der Waals surface area contributed by atoms with Gasteiger partial charge in [-0.15, -0.1) is 0 Å². The van der Waals surface area contributed by atoms with Crippen LogP contribution in [-0.4, -0.2) is 35.7 Å². The SMILES string of the molecule is CC(C)C(=O)OCCSSC(C)(C)COC(=O)C(C)C. The fourth-order valence-corrected chi connectivity index (χ4v) is 3.20. The Kier molecular flexibility index (Phi) is 9.38. The van der Waals surface area contributed by atoms with Gasteiger partial charge in [-0.2, -0.15) is 0 Å². The number of hydrogen-bond donors (Lipinski definition) is 0. The maximum atomic E-state index is 11.4. The minimum atomic E-state index is -0.172. The smallest absolute Gasteiger partial charge is 0.308 e. The lowest BCUT2D eigenvalue weighted by molar-refractivity contribution is -0.148. The first-order valence-electron chi connectivity index (χ1n) is 6.79. The predicted molar refractivity (Wildman–Crippen MR) is 85.7 cm³/mol. The molecular formula is C14H26O4S2. The van der Waals surface area contributed by atoms with Gasteiger partial charge in [-0.3, -0.25) is 9.59 Å². The summed E-state index contributed by atoms with van der Waals surface area (Å²) in [5.74, 6) is 0.207. The molecule has 0 unspecified atom stereocenters. The van der Waals surface area contributed by atoms with Gasteiger partial charge in [0.05, 0.1) is 16.6 Å². The first-order chi connectivity index (χ1) is 9.15. The minimum Gasteiger partial charge on any atom is -0.465 e. The second kappa shape index (κ2) is 9.55. The zero-order valence-electron chi connectivity index (χ0n) is 13.2. The third kappa shape index (κ3) is 9.53. The second-order valence-electron chi connectivity index (χ2n) is 5.75. The van der Waals surface area contributed by atoms with E-state index in [1.54, 1.807) is 21.6 Å². The molecule has 0 rings (SSSR count). The van der Waals surface area contributed by atoms with Crippen molar-refractivity contribution in [3.63, 3.8) is 0 Å². The molecule has 0 aromatic carbocycles. The number of carbonyl (C=O) groups excluding carboxylic acids is 2. The highest BCUT2D eigenvalue weighted by atomic mass is 33.1. The standard InChI is InChI=1S/C14H26O4S2/c1-10(2)12(15)17-7-8-19-20-14(5,6)9-18-13(16)11(3)4/h10-11H,7-9H2,1-6H3. The van der Waals surface area contributed by atoms with Crippen LogP contribution in [0, 0.1) is 11.8 Å². The Labute approximate surface area is 130 Å². The van der Waals surface area contributed by atoms with Crippen LogP contribution in [0.4, 0.5) is 0 Å². The Hall–Kier alpha value is -0.360. The number of hydrogen-bond acceptors (Lipinski definition) is 6. The number of carbonyl (C=O) groups is 2. The van der Waals surface area contributed by atoms with E-state index in [1.165, 1.54) is 0 Å². The van der Waals surface area contributed by atoms with Gasteiger partial charge >= 0.3 is 11.9 Å². The Balaban J connectivity index is 3.77. The Bertz CT molecular complexity index is 314. The van der Waals surface area contributed by atoms with Crippen LogP contribution in [0.1, 0.15) is 41.5 Å². The lowest BCUT2D eigenvalue weighted by Gasteiger charge is -2.23. The Morgan fingerprint density at radius 2 is 1.50 bits per heavy atom. The van der Waals surface area contributed by atoms with Crippen LogP contribution in [0.5, 0.6) is 0 Å². The fraction of sp³-hybridized carbons (Fsp3) is 0.857. The first kappa shape index (κ1) is 19.6. The monoisotopic (exact) mass is 322 g/mol. The van der Waals surface area contributed by atoms with Crippen molar-refractivity contribution < 1.29 is 19.1 Å². The summed E-state index contributed by atoms with van der Waals surface area (Å²) in [6, 6.07) is 0. The molecule has 6 heteroatoms. The first-order valence-corrected chi connectivity index (χ1v) is 9.11. The van der Waals surface area contributed by atoms with Gasteiger partial charge in [0.1, 0.15) is 13.2 Å². The van der Waals surface area contributed by atoms with Gasteiger partial charge in [-0.1, -0.05) is 49.3 Å². The van der Waals surface area contributed by atoms with Crippen molar-refractivity contribution in [2.45, 2.75) is 46.3 Å². The lowest BCUT2D eigenvalue weighted by Crippen LogP contribution is -2.26. The van der Waals surface area contributed by atoms with Gasteiger partial charge in [-0.05, 0) is 13.8 Å². The van der Waals surface area contributed by atoms with Crippen molar-refractivity contribution in [2.75, 3.05) is 19.0 Å². The highest BCUT2D eigenvalue weighted by molar-refractivity contribution is 8.77. The molecule has 0 aliphatic heterocycles. The summed E-state index contributed by atoms with van der Waals surface area (Å²) in [5, 5.41) is 0. The molecule has 0 N–H and O–H groups in total. The van der Waals surface area contributed by atoms with Gasteiger partial charge in [-0.25, -0.2) is 0 Å². The van der Waals surface area contributed by atoms with E-state index in [4.69, 9.17) is 9.47 Å². The van der Waals surface area contributed by atoms with Crippen LogP contribution in [0.2, 0.25) is 0 Å². The van der Waals surface area contributed by atoms with Crippen LogP contribution < -0.4 is 0 Å². The van der Waals surface area contributed by atoms with Crippen molar-refractivity contribution in [3.8, 4) is 0 Å². The Morgan fingerprint density at radius 1 is 1.00 bits per heavy atom. The summed E-state index contributed by atoms with van der Waals surface area (Å²) in [7, 11) is 3.26. The summed E-state index contributed by atoms with van der Waals surface area (Å²) in [4.78, 5) is 22.7. The molecule has 0 aromatic rings. The largest absolute Gasteiger partial charge is 0.465 e. The predicted octanol–water partition coefficient (Wildman–Crippen LogP) is 3.54. The topological polar surface area (TPSA) is 52.6 Å². The summed E-state index contributed by atoms with van der Waals surface area (Å²) < 4.78 is 10.2. The van der Waals surface area contributed by atoms with Gasteiger partial charge in [0, 0.05) is 5.75 Å². The van der Waals surface area contributed by atoms with Gasteiger partial charge in [0.15, 0.2) is 0 Å². The van der Waals surface area contributed by atoms with Crippen LogP contribution >= 0.6 is 21.6 Å². The second-order valence-corrected chi connectivity index (χ2v) is 8.87. The maximum Gasteiger partial charge on any atom is 0.308 e. The molecule has 0 saturated heterocycles. The highest BCUT2D eigenvalue weighted by Crippen LogP contribution is 2.35. The van der Waals surface area contributed by atoms with E-state index in [0.29, 0.717) is 13.2 Å². The number of rotatable bonds is 9. The molecule has 0 fully saturated rings. The van der Waals surface area contributed by atoms with Crippen molar-refractivity contribution >= 4 is 33.5 Å². The summed E-state index contributed by atoms with van der Waals surface area (Å²) in [5.41, 5.74) is 0. The molecule has 0 saturated carbocycles. The van der Waals surface area contributed by atoms with Crippen LogP contribution in [0.3, 0.4) is 0 Å². The van der Waals surface area contributed by atoms with E-state index in [1.807, 2.05) is 41.5 Å². The minimum absolute atomic E-state index is 0.0838. The third-order valence-electron chi connectivity index (χ3n) is 2.20. The van der Waals surface area contributed by atoms with Crippen LogP contribution in [0.25, 0.3) is 0 Å². The quantitative estimate of drug-likeness (QED) is 0.368. The fourth-order valence-electron chi connectivity index (χ4n) is 0.980. The third-order valence-corrected chi connectivity index (χ3v) is 5.43. The van der Waals surface area contributed by atoms with E-state index < -0.39 is 0 Å². The van der Waals surface area contributed by atoms with E-state index in [9.17, 15) is 9.59 Å². The average Bonchev–Trinajstić information content (AvgIpc) is 2.34. The van der Waals surface area contributed by atoms with Gasteiger partial charge in [0.2, 0.25) is 0 Å². The normalized spacial score (nSPS) is 11.8. The van der Waals surface area contributed by atoms with Crippen molar-refractivity contribution in [2.24, 2.45) is 11.8 Å². The van der Waals surface area contributed by atoms with Crippen molar-refractivity contribution in [1.82, 2.24) is 0 Å². The molecular weight excluding hydrogens is 296 g/mol. The zero-order valence-corrected chi connectivity index (χ0v) is 14.9. The van der Waals surface area contributed by atoms with E-state index in [-0.39, 0.29) is 28.5 Å². The number of esters is 2. The van der Waals surface area contributed by atoms with Crippen LogP contribution in [0.15, 0.2) is 0 Å². The molecule has 0 amide bonds. The molecule has 4 nitrogen and oxygen atoms in total. The van der Waals surface area contributed by atoms with Crippen LogP contribution in [-0.2, 0) is 19.1 Å². The number of ether oxygens (including phenoxy) is 2. The van der Waals surface area contributed by atoms with Gasteiger partial charge < -0.3 is 9.47 Å². The molecule has 20 heavy (non-hydrogen) atoms. The molecule has 0 aromatic heterocycles. The molecule has 0 bridgehead atoms. The molecule has 0 spiro atoms. The summed E-state index contributed by atoms with van der Waals surface area (Å²) in [6.45, 7) is 12.1. The van der Waals surface area contributed by atoms with E-state index >= 15 is 0 Å². The lowest BCUT2D eigenvalue weighted by atomic mass is 10.2. The summed E-state index contributed by atoms with van der Waals surface area (Å²) in [6.07, 6.45) is 0. The van der Waals surface area contributed by atoms with Gasteiger partial charge in [0.25, 0.3) is 0 Å². The highest BCUT2D eigenvalue weighted by Gasteiger charge is 2.22. The molecule has 0 atom stereocenters. The molecule has 0 radical (unpaired) electrons. The average molecular weight is 322 g/mol.